The van der Waals surface area contributed by atoms with Gasteiger partial charge < -0.3 is 5.32 Å². The first kappa shape index (κ1) is 11.8. The monoisotopic (exact) mass is 220 g/mol. The van der Waals surface area contributed by atoms with Crippen LogP contribution in [0.1, 0.15) is 27.7 Å². The minimum Gasteiger partial charge on any atom is -0.349 e. The Balaban J connectivity index is 2.54. The van der Waals surface area contributed by atoms with Gasteiger partial charge in [0, 0.05) is 9.49 Å². The lowest BCUT2D eigenvalue weighted by molar-refractivity contribution is -0.122. The Morgan fingerprint density at radius 2 is 1.86 bits per heavy atom. The first-order valence-electron chi connectivity index (χ1n) is 4.62. The highest BCUT2D eigenvalue weighted by Crippen LogP contribution is 2.54. The largest absolute Gasteiger partial charge is 0.349 e. The van der Waals surface area contributed by atoms with Gasteiger partial charge in [0.25, 0.3) is 0 Å². The molecule has 5 heteroatoms. The second-order valence-electron chi connectivity index (χ2n) is 4.62. The molecular formula is C9H17FN2OS. The van der Waals surface area contributed by atoms with Crippen molar-refractivity contribution in [2.24, 2.45) is 0 Å². The normalized spacial score (nSPS) is 24.1. The van der Waals surface area contributed by atoms with Crippen molar-refractivity contribution in [3.8, 4) is 0 Å². The van der Waals surface area contributed by atoms with E-state index in [0.717, 1.165) is 0 Å². The van der Waals surface area contributed by atoms with Gasteiger partial charge in [-0.3, -0.25) is 4.79 Å². The van der Waals surface area contributed by atoms with E-state index in [1.165, 1.54) is 5.54 Å². The maximum Gasteiger partial charge on any atom is 0.236 e. The Morgan fingerprint density at radius 3 is 2.21 bits per heavy atom. The Morgan fingerprint density at radius 1 is 1.36 bits per heavy atom. The molecule has 1 saturated heterocycles. The van der Waals surface area contributed by atoms with Crippen LogP contribution in [0.2, 0.25) is 0 Å². The maximum atomic E-state index is 11.7. The van der Waals surface area contributed by atoms with Gasteiger partial charge in [-0.05, 0) is 27.7 Å². The minimum absolute atomic E-state index is 0.0372. The van der Waals surface area contributed by atoms with Crippen LogP contribution in [0.4, 0.5) is 4.48 Å². The van der Waals surface area contributed by atoms with Gasteiger partial charge in [0.1, 0.15) is 6.54 Å². The van der Waals surface area contributed by atoms with Crippen LogP contribution in [-0.4, -0.2) is 28.0 Å². The van der Waals surface area contributed by atoms with E-state index in [-0.39, 0.29) is 28.0 Å². The fourth-order valence-corrected chi connectivity index (χ4v) is 4.31. The highest BCUT2D eigenvalue weighted by Gasteiger charge is 2.54. The molecule has 3 nitrogen and oxygen atoms in total. The fraction of sp³-hybridized carbons (Fsp3) is 0.889. The molecule has 0 unspecified atom stereocenters. The van der Waals surface area contributed by atoms with Crippen molar-refractivity contribution in [3.05, 3.63) is 0 Å². The zero-order chi connectivity index (χ0) is 11.0. The molecule has 2 N–H and O–H groups in total. The van der Waals surface area contributed by atoms with Crippen molar-refractivity contribution >= 4 is 17.7 Å². The van der Waals surface area contributed by atoms with Gasteiger partial charge in [-0.2, -0.15) is 0 Å². The van der Waals surface area contributed by atoms with Crippen molar-refractivity contribution in [1.82, 2.24) is 10.9 Å². The SMILES string of the molecule is CC1(C)SC(C)(C)C1NC(=O)CNF. The number of carbonyl (C=O) groups excluding carboxylic acids is 1. The van der Waals surface area contributed by atoms with E-state index in [4.69, 9.17) is 0 Å². The average molecular weight is 220 g/mol. The van der Waals surface area contributed by atoms with Gasteiger partial charge in [0.05, 0.1) is 6.04 Å². The molecule has 0 bridgehead atoms. The highest BCUT2D eigenvalue weighted by molar-refractivity contribution is 8.03. The summed E-state index contributed by atoms with van der Waals surface area (Å²) < 4.78 is 11.8. The molecule has 14 heavy (non-hydrogen) atoms. The van der Waals surface area contributed by atoms with E-state index < -0.39 is 0 Å². The molecule has 1 fully saturated rings. The summed E-state index contributed by atoms with van der Waals surface area (Å²) in [5.74, 6) is -0.293. The average Bonchev–Trinajstić information content (AvgIpc) is 1.98. The number of nitrogens with one attached hydrogen (secondary N) is 2. The number of rotatable bonds is 3. The molecule has 1 aliphatic rings. The van der Waals surface area contributed by atoms with Crippen LogP contribution in [0.25, 0.3) is 0 Å². The summed E-state index contributed by atoms with van der Waals surface area (Å²) in [6, 6.07) is 0.0980. The van der Waals surface area contributed by atoms with Gasteiger partial charge in [-0.15, -0.1) is 21.8 Å². The van der Waals surface area contributed by atoms with Crippen LogP contribution in [0.15, 0.2) is 0 Å². The lowest BCUT2D eigenvalue weighted by atomic mass is 9.89. The molecule has 0 aromatic carbocycles. The zero-order valence-electron chi connectivity index (χ0n) is 8.98. The summed E-state index contributed by atoms with van der Waals surface area (Å²) in [6.45, 7) is 8.05. The summed E-state index contributed by atoms with van der Waals surface area (Å²) in [6.07, 6.45) is 0. The molecule has 1 heterocycles. The Bertz CT molecular complexity index is 229. The van der Waals surface area contributed by atoms with Crippen molar-refractivity contribution in [2.45, 2.75) is 43.2 Å². The Hall–Kier alpha value is -0.290. The van der Waals surface area contributed by atoms with Gasteiger partial charge in [0.15, 0.2) is 0 Å². The third-order valence-electron chi connectivity index (χ3n) is 2.45. The molecular weight excluding hydrogens is 203 g/mol. The van der Waals surface area contributed by atoms with Gasteiger partial charge >= 0.3 is 0 Å². The molecule has 0 spiro atoms. The van der Waals surface area contributed by atoms with Gasteiger partial charge in [-0.1, -0.05) is 0 Å². The number of carbonyl (C=O) groups is 1. The third kappa shape index (κ3) is 2.20. The van der Waals surface area contributed by atoms with Crippen LogP contribution < -0.4 is 10.9 Å². The topological polar surface area (TPSA) is 41.1 Å². The van der Waals surface area contributed by atoms with Crippen LogP contribution in [0.3, 0.4) is 0 Å². The molecule has 0 aromatic rings. The predicted molar refractivity (Wildman–Crippen MR) is 56.8 cm³/mol. The summed E-state index contributed by atoms with van der Waals surface area (Å²) in [5.41, 5.74) is 1.36. The molecule has 0 aromatic heterocycles. The second kappa shape index (κ2) is 3.70. The number of amides is 1. The lowest BCUT2D eigenvalue weighted by Gasteiger charge is -2.56. The molecule has 0 radical (unpaired) electrons. The lowest BCUT2D eigenvalue weighted by Crippen LogP contribution is -2.67. The molecule has 0 atom stereocenters. The Labute approximate surface area is 88.1 Å². The number of thioether (sulfide) groups is 1. The quantitative estimate of drug-likeness (QED) is 0.703. The Kier molecular flexibility index (Phi) is 3.11. The molecule has 0 saturated carbocycles. The minimum atomic E-state index is -0.293. The first-order valence-corrected chi connectivity index (χ1v) is 5.44. The van der Waals surface area contributed by atoms with Gasteiger partial charge in [-0.25, -0.2) is 0 Å². The second-order valence-corrected chi connectivity index (χ2v) is 6.93. The van der Waals surface area contributed by atoms with Crippen molar-refractivity contribution in [3.63, 3.8) is 0 Å². The zero-order valence-corrected chi connectivity index (χ0v) is 9.80. The third-order valence-corrected chi connectivity index (χ3v) is 3.97. The van der Waals surface area contributed by atoms with Crippen molar-refractivity contribution < 1.29 is 9.28 Å². The maximum absolute atomic E-state index is 11.7. The van der Waals surface area contributed by atoms with Crippen molar-refractivity contribution in [2.75, 3.05) is 6.54 Å². The summed E-state index contributed by atoms with van der Waals surface area (Å²) >= 11 is 1.83. The van der Waals surface area contributed by atoms with E-state index in [1.807, 2.05) is 11.8 Å². The van der Waals surface area contributed by atoms with Crippen molar-refractivity contribution in [1.29, 1.82) is 0 Å². The summed E-state index contributed by atoms with van der Waals surface area (Å²) in [4.78, 5) is 11.2. The highest BCUT2D eigenvalue weighted by atomic mass is 32.2. The van der Waals surface area contributed by atoms with E-state index in [2.05, 4.69) is 33.0 Å². The van der Waals surface area contributed by atoms with E-state index in [0.29, 0.717) is 0 Å². The molecule has 82 valence electrons. The van der Waals surface area contributed by atoms with E-state index >= 15 is 0 Å². The molecule has 0 aliphatic carbocycles. The molecule has 1 aliphatic heterocycles. The summed E-state index contributed by atoms with van der Waals surface area (Å²) in [7, 11) is 0. The smallest absolute Gasteiger partial charge is 0.236 e. The van der Waals surface area contributed by atoms with Gasteiger partial charge in [0.2, 0.25) is 5.91 Å². The standard InChI is InChI=1S/C9H17FN2OS/c1-8(2)7(9(3,4)14-8)12-6(13)5-11-10/h7,11H,5H2,1-4H3,(H,12,13). The van der Waals surface area contributed by atoms with Crippen LogP contribution in [-0.2, 0) is 4.79 Å². The molecule has 1 rings (SSSR count). The van der Waals surface area contributed by atoms with Crippen LogP contribution in [0.5, 0.6) is 0 Å². The number of hydrogen-bond donors (Lipinski definition) is 2. The number of hydrogen-bond acceptors (Lipinski definition) is 3. The predicted octanol–water partition coefficient (Wildman–Crippen LogP) is 1.25. The summed E-state index contributed by atoms with van der Waals surface area (Å²) in [5, 5.41) is 2.84. The molecule has 1 amide bonds. The van der Waals surface area contributed by atoms with E-state index in [9.17, 15) is 9.28 Å². The van der Waals surface area contributed by atoms with Crippen LogP contribution >= 0.6 is 11.8 Å². The van der Waals surface area contributed by atoms with E-state index in [1.54, 1.807) is 0 Å². The van der Waals surface area contributed by atoms with Crippen LogP contribution in [0, 0.1) is 0 Å². The number of halogens is 1. The first-order chi connectivity index (χ1) is 6.29. The fourth-order valence-electron chi connectivity index (χ4n) is 2.20.